The minimum atomic E-state index is -0.703. The largest absolute Gasteiger partial charge is 0.390 e. The molecule has 2 N–H and O–H groups in total. The van der Waals surface area contributed by atoms with Gasteiger partial charge in [-0.15, -0.1) is 0 Å². The van der Waals surface area contributed by atoms with Crippen LogP contribution in [0.5, 0.6) is 0 Å². The van der Waals surface area contributed by atoms with Gasteiger partial charge in [0.1, 0.15) is 12.4 Å². The Morgan fingerprint density at radius 1 is 1.55 bits per heavy atom. The van der Waals surface area contributed by atoms with Crippen molar-refractivity contribution in [3.63, 3.8) is 0 Å². The smallest absolute Gasteiger partial charge is 0.306 e. The van der Waals surface area contributed by atoms with E-state index in [1.165, 1.54) is 10.9 Å². The highest BCUT2D eigenvalue weighted by atomic mass is 16.6. The Morgan fingerprint density at radius 3 is 3.05 bits per heavy atom. The van der Waals surface area contributed by atoms with Gasteiger partial charge in [-0.05, 0) is 12.1 Å². The third-order valence-electron chi connectivity index (χ3n) is 2.54. The lowest BCUT2D eigenvalue weighted by Gasteiger charge is -2.11. The Hall–Kier alpha value is -2.39. The lowest BCUT2D eigenvalue weighted by molar-refractivity contribution is -0.385. The number of aliphatic hydroxyl groups excluding tert-OH is 1. The molecule has 0 saturated heterocycles. The molecule has 0 aliphatic carbocycles. The fourth-order valence-electron chi connectivity index (χ4n) is 1.62. The number of rotatable bonds is 7. The van der Waals surface area contributed by atoms with Crippen LogP contribution in [0.15, 0.2) is 30.7 Å². The van der Waals surface area contributed by atoms with E-state index in [2.05, 4.69) is 20.6 Å². The highest BCUT2D eigenvalue weighted by Gasteiger charge is 2.11. The SMILES string of the molecule is O=[N+]([O-])c1cnn(CC(O)CNCc2cccnn2)c1. The summed E-state index contributed by atoms with van der Waals surface area (Å²) in [6.07, 6.45) is 3.32. The van der Waals surface area contributed by atoms with Crippen molar-refractivity contribution in [1.82, 2.24) is 25.3 Å². The Labute approximate surface area is 114 Å². The summed E-state index contributed by atoms with van der Waals surface area (Å²) in [7, 11) is 0. The first-order chi connectivity index (χ1) is 9.65. The van der Waals surface area contributed by atoms with Gasteiger partial charge >= 0.3 is 5.69 Å². The Balaban J connectivity index is 1.74. The summed E-state index contributed by atoms with van der Waals surface area (Å²) in [6.45, 7) is 0.996. The Kier molecular flexibility index (Phi) is 4.69. The molecule has 0 fully saturated rings. The van der Waals surface area contributed by atoms with Gasteiger partial charge in [0.15, 0.2) is 0 Å². The first-order valence-corrected chi connectivity index (χ1v) is 5.97. The summed E-state index contributed by atoms with van der Waals surface area (Å²) < 4.78 is 1.34. The second-order valence-electron chi connectivity index (χ2n) is 4.18. The molecule has 9 heteroatoms. The van der Waals surface area contributed by atoms with E-state index in [-0.39, 0.29) is 12.2 Å². The van der Waals surface area contributed by atoms with Crippen LogP contribution in [-0.2, 0) is 13.1 Å². The first kappa shape index (κ1) is 14.0. The fraction of sp³-hybridized carbons (Fsp3) is 0.364. The predicted molar refractivity (Wildman–Crippen MR) is 68.6 cm³/mol. The molecule has 0 aliphatic heterocycles. The third kappa shape index (κ3) is 4.07. The van der Waals surface area contributed by atoms with Crippen LogP contribution in [0.3, 0.4) is 0 Å². The number of nitrogens with one attached hydrogen (secondary N) is 1. The number of hydrogen-bond acceptors (Lipinski definition) is 7. The van der Waals surface area contributed by atoms with Gasteiger partial charge < -0.3 is 10.4 Å². The van der Waals surface area contributed by atoms with Crippen molar-refractivity contribution in [2.24, 2.45) is 0 Å². The maximum atomic E-state index is 10.5. The van der Waals surface area contributed by atoms with E-state index >= 15 is 0 Å². The van der Waals surface area contributed by atoms with Gasteiger partial charge in [0, 0.05) is 19.3 Å². The van der Waals surface area contributed by atoms with Crippen LogP contribution in [0, 0.1) is 10.1 Å². The van der Waals surface area contributed by atoms with E-state index < -0.39 is 11.0 Å². The molecule has 0 bridgehead atoms. The molecule has 2 aromatic rings. The molecule has 0 spiro atoms. The first-order valence-electron chi connectivity index (χ1n) is 5.97. The molecule has 0 saturated carbocycles. The summed E-state index contributed by atoms with van der Waals surface area (Å²) in [5.41, 5.74) is 0.680. The molecule has 2 aromatic heterocycles. The van der Waals surface area contributed by atoms with Gasteiger partial charge in [0.25, 0.3) is 0 Å². The number of aliphatic hydroxyl groups is 1. The minimum absolute atomic E-state index is 0.0929. The van der Waals surface area contributed by atoms with Crippen molar-refractivity contribution in [3.05, 3.63) is 46.5 Å². The minimum Gasteiger partial charge on any atom is -0.390 e. The van der Waals surface area contributed by atoms with Crippen molar-refractivity contribution >= 4 is 5.69 Å². The number of nitrogens with zero attached hydrogens (tertiary/aromatic N) is 5. The van der Waals surface area contributed by atoms with Gasteiger partial charge in [-0.2, -0.15) is 15.3 Å². The molecule has 0 aromatic carbocycles. The number of nitro groups is 1. The average Bonchev–Trinajstić information content (AvgIpc) is 2.88. The average molecular weight is 278 g/mol. The second-order valence-corrected chi connectivity index (χ2v) is 4.18. The summed E-state index contributed by atoms with van der Waals surface area (Å²) in [5, 5.41) is 34.8. The van der Waals surface area contributed by atoms with Crippen LogP contribution in [0.1, 0.15) is 5.69 Å². The molecule has 0 aliphatic rings. The van der Waals surface area contributed by atoms with Crippen LogP contribution < -0.4 is 5.32 Å². The highest BCUT2D eigenvalue weighted by Crippen LogP contribution is 2.07. The van der Waals surface area contributed by atoms with Crippen molar-refractivity contribution in [1.29, 1.82) is 0 Å². The van der Waals surface area contributed by atoms with E-state index in [0.29, 0.717) is 13.1 Å². The maximum Gasteiger partial charge on any atom is 0.306 e. The number of aromatic nitrogens is 4. The van der Waals surface area contributed by atoms with E-state index in [1.54, 1.807) is 12.3 Å². The molecule has 0 amide bonds. The molecule has 1 unspecified atom stereocenters. The predicted octanol–water partition coefficient (Wildman–Crippen LogP) is -0.268. The second kappa shape index (κ2) is 6.68. The maximum absolute atomic E-state index is 10.5. The lowest BCUT2D eigenvalue weighted by Crippen LogP contribution is -2.30. The zero-order chi connectivity index (χ0) is 14.4. The van der Waals surface area contributed by atoms with Crippen molar-refractivity contribution < 1.29 is 10.0 Å². The summed E-state index contributed by atoms with van der Waals surface area (Å²) in [6, 6.07) is 3.60. The lowest BCUT2D eigenvalue weighted by atomic mass is 10.3. The summed E-state index contributed by atoms with van der Waals surface area (Å²) in [4.78, 5) is 9.97. The van der Waals surface area contributed by atoms with Crippen molar-refractivity contribution in [2.45, 2.75) is 19.2 Å². The van der Waals surface area contributed by atoms with E-state index in [0.717, 1.165) is 11.9 Å². The molecular formula is C11H14N6O3. The molecule has 0 radical (unpaired) electrons. The third-order valence-corrected chi connectivity index (χ3v) is 2.54. The highest BCUT2D eigenvalue weighted by molar-refractivity contribution is 5.20. The van der Waals surface area contributed by atoms with Gasteiger partial charge in [-0.1, -0.05) is 0 Å². The molecule has 9 nitrogen and oxygen atoms in total. The zero-order valence-corrected chi connectivity index (χ0v) is 10.6. The van der Waals surface area contributed by atoms with Crippen LogP contribution in [0.2, 0.25) is 0 Å². The monoisotopic (exact) mass is 278 g/mol. The quantitative estimate of drug-likeness (QED) is 0.528. The zero-order valence-electron chi connectivity index (χ0n) is 10.6. The Bertz CT molecular complexity index is 558. The van der Waals surface area contributed by atoms with Crippen molar-refractivity contribution in [2.75, 3.05) is 6.54 Å². The molecule has 106 valence electrons. The molecular weight excluding hydrogens is 264 g/mol. The summed E-state index contributed by atoms with van der Waals surface area (Å²) >= 11 is 0. The summed E-state index contributed by atoms with van der Waals surface area (Å²) in [5.74, 6) is 0. The topological polar surface area (TPSA) is 119 Å². The van der Waals surface area contributed by atoms with Gasteiger partial charge in [-0.3, -0.25) is 14.8 Å². The van der Waals surface area contributed by atoms with Gasteiger partial charge in [0.05, 0.1) is 23.3 Å². The van der Waals surface area contributed by atoms with Crippen molar-refractivity contribution in [3.8, 4) is 0 Å². The molecule has 20 heavy (non-hydrogen) atoms. The van der Waals surface area contributed by atoms with E-state index in [4.69, 9.17) is 0 Å². The van der Waals surface area contributed by atoms with Crippen LogP contribution in [0.4, 0.5) is 5.69 Å². The molecule has 1 atom stereocenters. The number of hydrogen-bond donors (Lipinski definition) is 2. The van der Waals surface area contributed by atoms with E-state index in [9.17, 15) is 15.2 Å². The molecule has 2 heterocycles. The normalized spacial score (nSPS) is 12.2. The fourth-order valence-corrected chi connectivity index (χ4v) is 1.62. The molecule has 2 rings (SSSR count). The van der Waals surface area contributed by atoms with Gasteiger partial charge in [-0.25, -0.2) is 0 Å². The Morgan fingerprint density at radius 2 is 2.40 bits per heavy atom. The van der Waals surface area contributed by atoms with Crippen LogP contribution >= 0.6 is 0 Å². The van der Waals surface area contributed by atoms with E-state index in [1.807, 2.05) is 6.07 Å². The van der Waals surface area contributed by atoms with Crippen LogP contribution in [0.25, 0.3) is 0 Å². The van der Waals surface area contributed by atoms with Crippen LogP contribution in [-0.4, -0.2) is 42.7 Å². The standard InChI is InChI=1S/C11H14N6O3/c18-11(6-12-4-9-2-1-3-13-15-9)8-16-7-10(5-14-16)17(19)20/h1-3,5,7,11-12,18H,4,6,8H2. The van der Waals surface area contributed by atoms with Gasteiger partial charge in [0.2, 0.25) is 0 Å².